The number of hydrogen-bond donors (Lipinski definition) is 0. The van der Waals surface area contributed by atoms with Crippen LogP contribution in [-0.4, -0.2) is 40.8 Å². The van der Waals surface area contributed by atoms with Gasteiger partial charge in [0.1, 0.15) is 17.1 Å². The Hall–Kier alpha value is -3.78. The van der Waals surface area contributed by atoms with Crippen LogP contribution in [0.3, 0.4) is 0 Å². The molecule has 0 saturated carbocycles. The van der Waals surface area contributed by atoms with E-state index in [2.05, 4.69) is 4.99 Å². The number of aliphatic imine (C=N–C) groups is 1. The quantitative estimate of drug-likeness (QED) is 0.227. The topological polar surface area (TPSA) is 68.9 Å². The van der Waals surface area contributed by atoms with Crippen molar-refractivity contribution in [1.29, 1.82) is 5.26 Å². The smallest absolute Gasteiger partial charge is 0.418 e. The number of nitrogens with zero attached hydrogens (tertiary/aromatic N) is 4. The van der Waals surface area contributed by atoms with Crippen LogP contribution in [0.25, 0.3) is 0 Å². The van der Waals surface area contributed by atoms with Crippen LogP contribution in [0.2, 0.25) is 0 Å². The van der Waals surface area contributed by atoms with Gasteiger partial charge in [0.05, 0.1) is 29.5 Å². The van der Waals surface area contributed by atoms with Gasteiger partial charge in [-0.05, 0) is 75.2 Å². The van der Waals surface area contributed by atoms with Crippen molar-refractivity contribution in [3.8, 4) is 11.8 Å². The summed E-state index contributed by atoms with van der Waals surface area (Å²) in [6.45, 7) is 4.99. The molecule has 2 aliphatic heterocycles. The zero-order valence-electron chi connectivity index (χ0n) is 21.6. The van der Waals surface area contributed by atoms with Crippen LogP contribution in [0, 0.1) is 24.1 Å². The van der Waals surface area contributed by atoms with E-state index in [1.807, 2.05) is 6.08 Å². The summed E-state index contributed by atoms with van der Waals surface area (Å²) < 4.78 is 61.6. The molecular weight excluding hydrogens is 532 g/mol. The Morgan fingerprint density at radius 1 is 1.26 bits per heavy atom. The Morgan fingerprint density at radius 2 is 2.00 bits per heavy atom. The molecule has 6 nitrogen and oxygen atoms in total. The molecule has 2 aliphatic rings. The number of hydrogen-bond acceptors (Lipinski definition) is 5. The molecule has 1 fully saturated rings. The van der Waals surface area contributed by atoms with E-state index in [1.165, 1.54) is 19.1 Å². The Bertz CT molecular complexity index is 1410. The summed E-state index contributed by atoms with van der Waals surface area (Å²) in [6, 6.07) is 8.63. The summed E-state index contributed by atoms with van der Waals surface area (Å²) >= 11 is 5.54. The molecule has 2 aromatic carbocycles. The molecule has 0 bridgehead atoms. The minimum atomic E-state index is -4.78. The summed E-state index contributed by atoms with van der Waals surface area (Å²) in [6.07, 6.45) is 1.48. The van der Waals surface area contributed by atoms with E-state index in [1.54, 1.807) is 49.4 Å². The van der Waals surface area contributed by atoms with Crippen LogP contribution < -0.4 is 9.64 Å². The lowest BCUT2D eigenvalue weighted by molar-refractivity contribution is -0.138. The number of carbonyl (C=O) groups is 1. The number of rotatable bonds is 7. The van der Waals surface area contributed by atoms with Crippen LogP contribution in [0.1, 0.15) is 54.9 Å². The van der Waals surface area contributed by atoms with E-state index < -0.39 is 28.7 Å². The molecule has 0 aliphatic carbocycles. The third-order valence-corrected chi connectivity index (χ3v) is 7.34. The van der Waals surface area contributed by atoms with Gasteiger partial charge in [0, 0.05) is 30.9 Å². The van der Waals surface area contributed by atoms with Crippen molar-refractivity contribution >= 4 is 35.1 Å². The van der Waals surface area contributed by atoms with Gasteiger partial charge < -0.3 is 9.64 Å². The normalized spacial score (nSPS) is 18.6. The van der Waals surface area contributed by atoms with Gasteiger partial charge in [0.25, 0.3) is 5.91 Å². The Labute approximate surface area is 229 Å². The number of allylic oxidation sites excluding steroid dienone is 1. The summed E-state index contributed by atoms with van der Waals surface area (Å²) in [5.41, 5.74) is -2.45. The maximum absolute atomic E-state index is 14.7. The fraction of sp³-hybridized carbons (Fsp3) is 0.357. The average Bonchev–Trinajstić information content (AvgIpc) is 3.05. The van der Waals surface area contributed by atoms with Gasteiger partial charge in [-0.3, -0.25) is 14.7 Å². The largest absolute Gasteiger partial charge is 0.493 e. The fourth-order valence-corrected chi connectivity index (χ4v) is 5.33. The molecule has 0 spiro atoms. The number of benzene rings is 2. The molecule has 0 aromatic heterocycles. The first kappa shape index (κ1) is 28.2. The number of alkyl halides is 3. The molecule has 204 valence electrons. The second-order valence-corrected chi connectivity index (χ2v) is 10.1. The van der Waals surface area contributed by atoms with Gasteiger partial charge in [-0.25, -0.2) is 4.39 Å². The SMILES string of the molecule is Cc1c(N2C(=O)C(C)(C)N(CCCOc3ccc(C4C=CN=CC4)c(F)c3)C2=S)ccc(C#N)c1C(F)(F)F. The molecule has 1 amide bonds. The molecule has 2 heterocycles. The number of halogens is 4. The zero-order valence-corrected chi connectivity index (χ0v) is 22.4. The van der Waals surface area contributed by atoms with E-state index in [0.29, 0.717) is 24.2 Å². The van der Waals surface area contributed by atoms with E-state index in [9.17, 15) is 27.6 Å². The maximum Gasteiger partial charge on any atom is 0.418 e. The lowest BCUT2D eigenvalue weighted by Gasteiger charge is -2.29. The number of nitriles is 1. The van der Waals surface area contributed by atoms with Crippen LogP contribution >= 0.6 is 12.2 Å². The molecule has 4 rings (SSSR count). The van der Waals surface area contributed by atoms with E-state index in [0.717, 1.165) is 11.0 Å². The van der Waals surface area contributed by atoms with Crippen LogP contribution in [0.5, 0.6) is 5.75 Å². The van der Waals surface area contributed by atoms with Crippen LogP contribution in [0.4, 0.5) is 23.2 Å². The first-order valence-electron chi connectivity index (χ1n) is 12.3. The van der Waals surface area contributed by atoms with E-state index >= 15 is 0 Å². The van der Waals surface area contributed by atoms with Crippen LogP contribution in [0.15, 0.2) is 47.6 Å². The minimum Gasteiger partial charge on any atom is -0.493 e. The van der Waals surface area contributed by atoms with Crippen molar-refractivity contribution in [1.82, 2.24) is 4.90 Å². The third-order valence-electron chi connectivity index (χ3n) is 6.94. The van der Waals surface area contributed by atoms with E-state index in [4.69, 9.17) is 17.0 Å². The fourth-order valence-electron chi connectivity index (χ4n) is 4.83. The molecular formula is C28H26F4N4O2S. The van der Waals surface area contributed by atoms with Gasteiger partial charge in [-0.15, -0.1) is 0 Å². The predicted octanol–water partition coefficient (Wildman–Crippen LogP) is 6.28. The molecule has 1 saturated heterocycles. The highest BCUT2D eigenvalue weighted by Gasteiger charge is 2.50. The standard InChI is InChI=1S/C28H26F4N4O2S/c1-17-23(8-5-19(16-33)24(17)28(30,31)32)36-25(37)27(2,3)35(26(36)39)13-4-14-38-20-6-7-21(22(29)15-20)18-9-11-34-12-10-18/h5-9,11-12,15,18H,4,10,13-14H2,1-3H3. The Morgan fingerprint density at radius 3 is 2.62 bits per heavy atom. The molecule has 2 aromatic rings. The number of thiocarbonyl (C=S) groups is 1. The van der Waals surface area contributed by atoms with Crippen molar-refractivity contribution in [2.24, 2.45) is 4.99 Å². The first-order chi connectivity index (χ1) is 18.4. The lowest BCUT2D eigenvalue weighted by atomic mass is 9.94. The molecule has 0 radical (unpaired) electrons. The summed E-state index contributed by atoms with van der Waals surface area (Å²) in [5, 5.41) is 9.24. The van der Waals surface area contributed by atoms with Crippen molar-refractivity contribution in [3.05, 3.63) is 70.7 Å². The third kappa shape index (κ3) is 5.39. The number of anilines is 1. The van der Waals surface area contributed by atoms with Crippen LogP contribution in [-0.2, 0) is 11.0 Å². The van der Waals surface area contributed by atoms with Crippen molar-refractivity contribution in [2.75, 3.05) is 18.1 Å². The predicted molar refractivity (Wildman–Crippen MR) is 143 cm³/mol. The Balaban J connectivity index is 1.45. The van der Waals surface area contributed by atoms with Crippen molar-refractivity contribution in [3.63, 3.8) is 0 Å². The van der Waals surface area contributed by atoms with Gasteiger partial charge in [0.2, 0.25) is 0 Å². The maximum atomic E-state index is 14.7. The number of carbonyl (C=O) groups excluding carboxylic acids is 1. The molecule has 1 unspecified atom stereocenters. The first-order valence-corrected chi connectivity index (χ1v) is 12.7. The average molecular weight is 559 g/mol. The Kier molecular flexibility index (Phi) is 7.80. The summed E-state index contributed by atoms with van der Waals surface area (Å²) in [4.78, 5) is 20.1. The molecule has 0 N–H and O–H groups in total. The second-order valence-electron chi connectivity index (χ2n) is 9.78. The van der Waals surface area contributed by atoms with Gasteiger partial charge in [0.15, 0.2) is 5.11 Å². The minimum absolute atomic E-state index is 0.0159. The zero-order chi connectivity index (χ0) is 28.5. The highest BCUT2D eigenvalue weighted by Crippen LogP contribution is 2.41. The molecule has 39 heavy (non-hydrogen) atoms. The highest BCUT2D eigenvalue weighted by molar-refractivity contribution is 7.80. The molecule has 11 heteroatoms. The number of amides is 1. The van der Waals surface area contributed by atoms with Crippen molar-refractivity contribution in [2.45, 2.75) is 51.2 Å². The van der Waals surface area contributed by atoms with Crippen molar-refractivity contribution < 1.29 is 27.1 Å². The monoisotopic (exact) mass is 558 g/mol. The summed E-state index contributed by atoms with van der Waals surface area (Å²) in [5.74, 6) is -0.577. The lowest BCUT2D eigenvalue weighted by Crippen LogP contribution is -2.44. The highest BCUT2D eigenvalue weighted by atomic mass is 32.1. The summed E-state index contributed by atoms with van der Waals surface area (Å²) in [7, 11) is 0. The molecule has 1 atom stereocenters. The second kappa shape index (κ2) is 10.8. The van der Waals surface area contributed by atoms with Gasteiger partial charge >= 0.3 is 6.18 Å². The van der Waals surface area contributed by atoms with Gasteiger partial charge in [-0.1, -0.05) is 12.1 Å². The number of ether oxygens (including phenoxy) is 1. The van der Waals surface area contributed by atoms with Gasteiger partial charge in [-0.2, -0.15) is 18.4 Å². The van der Waals surface area contributed by atoms with E-state index in [-0.39, 0.29) is 41.3 Å².